The van der Waals surface area contributed by atoms with E-state index >= 15 is 0 Å². The maximum Gasteiger partial charge on any atom is 0.271 e. The number of amides is 1. The van der Waals surface area contributed by atoms with Crippen LogP contribution in [0.3, 0.4) is 0 Å². The van der Waals surface area contributed by atoms with Gasteiger partial charge in [-0.1, -0.05) is 48.5 Å². The molecule has 4 nitrogen and oxygen atoms in total. The van der Waals surface area contributed by atoms with Crippen LogP contribution in [0.15, 0.2) is 70.7 Å². The highest BCUT2D eigenvalue weighted by Crippen LogP contribution is 2.24. The number of carbonyl (C=O) groups excluding carboxylic acids is 1. The summed E-state index contributed by atoms with van der Waals surface area (Å²) in [7, 11) is 0. The molecule has 0 aliphatic rings. The molecule has 0 aliphatic heterocycles. The largest absolute Gasteiger partial charge is 0.271 e. The van der Waals surface area contributed by atoms with Gasteiger partial charge in [0.2, 0.25) is 0 Å². The Labute approximate surface area is 139 Å². The molecular formula is C18H15N3OS. The number of nitrogens with one attached hydrogen (secondary N) is 1. The van der Waals surface area contributed by atoms with Crippen LogP contribution < -0.4 is 5.43 Å². The number of allylic oxidation sites excluding steroid dienone is 2. The molecule has 0 unspecified atom stereocenters. The van der Waals surface area contributed by atoms with Crippen molar-refractivity contribution >= 4 is 29.5 Å². The summed E-state index contributed by atoms with van der Waals surface area (Å²) in [6.07, 6.45) is 1.57. The Morgan fingerprint density at radius 1 is 1.09 bits per heavy atom. The Morgan fingerprint density at radius 3 is 2.22 bits per heavy atom. The normalized spacial score (nSPS) is 11.7. The molecule has 0 atom stereocenters. The van der Waals surface area contributed by atoms with Crippen LogP contribution in [0, 0.1) is 10.7 Å². The fourth-order valence-corrected chi connectivity index (χ4v) is 2.34. The molecular weight excluding hydrogens is 306 g/mol. The fourth-order valence-electron chi connectivity index (χ4n) is 1.92. The molecule has 5 heteroatoms. The van der Waals surface area contributed by atoms with Crippen molar-refractivity contribution in [1.29, 1.82) is 5.26 Å². The highest BCUT2D eigenvalue weighted by atomic mass is 32.2. The zero-order valence-electron chi connectivity index (χ0n) is 12.6. The molecule has 0 radical (unpaired) electrons. The zero-order chi connectivity index (χ0) is 16.5. The van der Waals surface area contributed by atoms with E-state index in [1.807, 2.05) is 43.3 Å². The number of hydrogen-bond acceptors (Lipinski definition) is 4. The fraction of sp³-hybridized carbons (Fsp3) is 0.0556. The van der Waals surface area contributed by atoms with Gasteiger partial charge in [-0.2, -0.15) is 10.4 Å². The van der Waals surface area contributed by atoms with E-state index in [1.165, 1.54) is 0 Å². The average molecular weight is 321 g/mol. The van der Waals surface area contributed by atoms with Gasteiger partial charge in [0.1, 0.15) is 5.40 Å². The third-order valence-electron chi connectivity index (χ3n) is 3.06. The highest BCUT2D eigenvalue weighted by Gasteiger charge is 2.06. The smallest absolute Gasteiger partial charge is 0.267 e. The summed E-state index contributed by atoms with van der Waals surface area (Å²) in [6, 6.07) is 18.5. The van der Waals surface area contributed by atoms with Crippen molar-refractivity contribution in [2.45, 2.75) is 6.92 Å². The first-order valence-corrected chi connectivity index (χ1v) is 7.74. The molecule has 0 saturated heterocycles. The van der Waals surface area contributed by atoms with Gasteiger partial charge in [0.05, 0.1) is 6.21 Å². The quantitative estimate of drug-likeness (QED) is 0.513. The molecule has 23 heavy (non-hydrogen) atoms. The Morgan fingerprint density at radius 2 is 1.65 bits per heavy atom. The van der Waals surface area contributed by atoms with Crippen LogP contribution in [0.4, 0.5) is 0 Å². The van der Waals surface area contributed by atoms with Gasteiger partial charge in [0, 0.05) is 16.0 Å². The number of hydrogen-bond donors (Lipinski definition) is 1. The Kier molecular flexibility index (Phi) is 6.16. The maximum absolute atomic E-state index is 12.0. The minimum atomic E-state index is -0.278. The second-order valence-electron chi connectivity index (χ2n) is 4.59. The van der Waals surface area contributed by atoms with E-state index in [9.17, 15) is 4.79 Å². The molecule has 0 aromatic heterocycles. The predicted molar refractivity (Wildman–Crippen MR) is 94.6 cm³/mol. The van der Waals surface area contributed by atoms with E-state index in [0.717, 1.165) is 27.8 Å². The predicted octanol–water partition coefficient (Wildman–Crippen LogP) is 4.05. The molecule has 114 valence electrons. The first-order chi connectivity index (χ1) is 11.2. The lowest BCUT2D eigenvalue weighted by atomic mass is 10.1. The number of carbonyl (C=O) groups is 1. The van der Waals surface area contributed by atoms with Crippen molar-refractivity contribution in [3.8, 4) is 5.40 Å². The number of thioether (sulfide) groups is 1. The summed E-state index contributed by atoms with van der Waals surface area (Å²) in [5.74, 6) is -0.278. The molecule has 0 bridgehead atoms. The van der Waals surface area contributed by atoms with Crippen LogP contribution in [0.5, 0.6) is 0 Å². The second-order valence-corrected chi connectivity index (χ2v) is 5.59. The summed E-state index contributed by atoms with van der Waals surface area (Å²) in [6.45, 7) is 1.85. The topological polar surface area (TPSA) is 65.2 Å². The van der Waals surface area contributed by atoms with Crippen LogP contribution in [-0.2, 0) is 0 Å². The molecule has 2 aromatic rings. The van der Waals surface area contributed by atoms with E-state index in [-0.39, 0.29) is 5.91 Å². The van der Waals surface area contributed by atoms with Gasteiger partial charge in [-0.25, -0.2) is 5.43 Å². The maximum atomic E-state index is 12.0. The first kappa shape index (κ1) is 16.5. The van der Waals surface area contributed by atoms with Crippen LogP contribution in [0.2, 0.25) is 0 Å². The summed E-state index contributed by atoms with van der Waals surface area (Å²) in [5, 5.41) is 14.9. The van der Waals surface area contributed by atoms with Crippen molar-refractivity contribution in [2.75, 3.05) is 0 Å². The second kappa shape index (κ2) is 8.57. The van der Waals surface area contributed by atoms with Gasteiger partial charge in [0.15, 0.2) is 0 Å². The minimum Gasteiger partial charge on any atom is -0.267 e. The van der Waals surface area contributed by atoms with Crippen LogP contribution in [0.25, 0.3) is 5.57 Å². The Balaban J connectivity index is 2.17. The summed E-state index contributed by atoms with van der Waals surface area (Å²) in [5.41, 5.74) is 4.77. The van der Waals surface area contributed by atoms with Crippen molar-refractivity contribution in [3.05, 3.63) is 76.7 Å². The van der Waals surface area contributed by atoms with Crippen molar-refractivity contribution < 1.29 is 4.79 Å². The number of nitrogens with zero attached hydrogens (tertiary/aromatic N) is 2. The molecule has 1 N–H and O–H groups in total. The molecule has 2 aromatic carbocycles. The lowest BCUT2D eigenvalue weighted by Gasteiger charge is -2.05. The van der Waals surface area contributed by atoms with E-state index in [1.54, 1.807) is 30.5 Å². The number of thiocyanates is 1. The molecule has 0 aliphatic carbocycles. The average Bonchev–Trinajstić information content (AvgIpc) is 2.60. The van der Waals surface area contributed by atoms with Crippen molar-refractivity contribution in [2.24, 2.45) is 5.10 Å². The van der Waals surface area contributed by atoms with Gasteiger partial charge in [-0.3, -0.25) is 4.79 Å². The standard InChI is InChI=1S/C18H15N3OS/c1-14(23-13-19)17(15-8-4-2-5-9-15)12-20-21-18(22)16-10-6-3-7-11-16/h2-12H,1H3,(H,21,22)/b17-14+,20-12+. The first-order valence-electron chi connectivity index (χ1n) is 6.93. The number of hydrazone groups is 1. The summed E-state index contributed by atoms with van der Waals surface area (Å²) < 4.78 is 0. The van der Waals surface area contributed by atoms with Gasteiger partial charge in [-0.05, 0) is 36.4 Å². The monoisotopic (exact) mass is 321 g/mol. The third-order valence-corrected chi connectivity index (χ3v) is 3.68. The lowest BCUT2D eigenvalue weighted by molar-refractivity contribution is 0.0955. The van der Waals surface area contributed by atoms with Crippen molar-refractivity contribution in [3.63, 3.8) is 0 Å². The molecule has 0 spiro atoms. The van der Waals surface area contributed by atoms with E-state index in [0.29, 0.717) is 5.56 Å². The number of nitriles is 1. The Bertz CT molecular complexity index is 762. The lowest BCUT2D eigenvalue weighted by Crippen LogP contribution is -2.17. The van der Waals surface area contributed by atoms with Crippen LogP contribution in [0.1, 0.15) is 22.8 Å². The molecule has 0 saturated carbocycles. The number of rotatable bonds is 5. The minimum absolute atomic E-state index is 0.278. The van der Waals surface area contributed by atoms with Crippen LogP contribution >= 0.6 is 11.8 Å². The Hall–Kier alpha value is -2.84. The van der Waals surface area contributed by atoms with E-state index in [2.05, 4.69) is 15.9 Å². The van der Waals surface area contributed by atoms with Crippen molar-refractivity contribution in [1.82, 2.24) is 5.43 Å². The van der Waals surface area contributed by atoms with Gasteiger partial charge in [-0.15, -0.1) is 0 Å². The molecule has 0 heterocycles. The van der Waals surface area contributed by atoms with E-state index < -0.39 is 0 Å². The summed E-state index contributed by atoms with van der Waals surface area (Å²) in [4.78, 5) is 12.8. The number of benzene rings is 2. The SMILES string of the molecule is C/C(SC#N)=C(/C=N/NC(=O)c1ccccc1)c1ccccc1. The third kappa shape index (κ3) is 4.83. The van der Waals surface area contributed by atoms with Gasteiger partial charge < -0.3 is 0 Å². The molecule has 1 amide bonds. The molecule has 2 rings (SSSR count). The summed E-state index contributed by atoms with van der Waals surface area (Å²) >= 11 is 1.07. The van der Waals surface area contributed by atoms with Gasteiger partial charge >= 0.3 is 0 Å². The van der Waals surface area contributed by atoms with Crippen LogP contribution in [-0.4, -0.2) is 12.1 Å². The zero-order valence-corrected chi connectivity index (χ0v) is 13.4. The van der Waals surface area contributed by atoms with E-state index in [4.69, 9.17) is 5.26 Å². The van der Waals surface area contributed by atoms with Gasteiger partial charge in [0.25, 0.3) is 5.91 Å². The molecule has 0 fully saturated rings. The highest BCUT2D eigenvalue weighted by molar-refractivity contribution is 8.07.